The van der Waals surface area contributed by atoms with E-state index in [0.717, 1.165) is 6.42 Å². The van der Waals surface area contributed by atoms with Gasteiger partial charge in [-0.3, -0.25) is 0 Å². The molecule has 0 aliphatic rings. The molecular weight excluding hydrogens is 274 g/mol. The number of rotatable bonds is 6. The molecule has 2 heteroatoms. The van der Waals surface area contributed by atoms with Gasteiger partial charge in [-0.2, -0.15) is 5.26 Å². The summed E-state index contributed by atoms with van der Waals surface area (Å²) in [6, 6.07) is 20.4. The van der Waals surface area contributed by atoms with Gasteiger partial charge in [-0.25, -0.2) is 0 Å². The van der Waals surface area contributed by atoms with Crippen molar-refractivity contribution in [1.29, 1.82) is 5.26 Å². The highest BCUT2D eigenvalue weighted by Gasteiger charge is 2.01. The van der Waals surface area contributed by atoms with E-state index in [2.05, 4.69) is 48.7 Å². The second kappa shape index (κ2) is 8.34. The Bertz CT molecular complexity index is 621. The second-order valence-corrected chi connectivity index (χ2v) is 5.81. The summed E-state index contributed by atoms with van der Waals surface area (Å²) in [6.07, 6.45) is 3.50. The van der Waals surface area contributed by atoms with E-state index in [1.807, 2.05) is 24.3 Å². The molecule has 2 aromatic carbocycles. The highest BCUT2D eigenvalue weighted by Crippen LogP contribution is 2.28. The van der Waals surface area contributed by atoms with E-state index < -0.39 is 0 Å². The molecule has 0 saturated carbocycles. The Morgan fingerprint density at radius 3 is 2.43 bits per heavy atom. The summed E-state index contributed by atoms with van der Waals surface area (Å²) in [5, 5.41) is 11.1. The first-order chi connectivity index (χ1) is 10.3. The van der Waals surface area contributed by atoms with Crippen LogP contribution in [0.5, 0.6) is 0 Å². The quantitative estimate of drug-likeness (QED) is 0.621. The van der Waals surface area contributed by atoms with Crippen LogP contribution in [0.1, 0.15) is 37.3 Å². The maximum atomic E-state index is 8.82. The molecule has 0 radical (unpaired) electrons. The van der Waals surface area contributed by atoms with Gasteiger partial charge >= 0.3 is 0 Å². The van der Waals surface area contributed by atoms with Crippen LogP contribution >= 0.6 is 11.8 Å². The van der Waals surface area contributed by atoms with Gasteiger partial charge in [0, 0.05) is 4.90 Å². The fraction of sp³-hybridized carbons (Fsp3) is 0.211. The lowest BCUT2D eigenvalue weighted by molar-refractivity contribution is 0.825. The first kappa shape index (κ1) is 15.4. The number of allylic oxidation sites excluding steroid dienone is 1. The predicted octanol–water partition coefficient (Wildman–Crippen LogP) is 5.88. The molecule has 0 heterocycles. The van der Waals surface area contributed by atoms with Crippen molar-refractivity contribution in [2.75, 3.05) is 0 Å². The number of hydrogen-bond acceptors (Lipinski definition) is 2. The van der Waals surface area contributed by atoms with Crippen LogP contribution < -0.4 is 0 Å². The van der Waals surface area contributed by atoms with Crippen LogP contribution in [0.2, 0.25) is 0 Å². The zero-order chi connectivity index (χ0) is 14.9. The third-order valence-electron chi connectivity index (χ3n) is 3.26. The Morgan fingerprint density at radius 1 is 1.10 bits per heavy atom. The fourth-order valence-corrected chi connectivity index (χ4v) is 2.86. The van der Waals surface area contributed by atoms with Crippen LogP contribution in [0.15, 0.2) is 64.9 Å². The van der Waals surface area contributed by atoms with Crippen LogP contribution in [0.3, 0.4) is 0 Å². The van der Waals surface area contributed by atoms with Gasteiger partial charge < -0.3 is 0 Å². The van der Waals surface area contributed by atoms with Crippen molar-refractivity contribution in [3.8, 4) is 6.07 Å². The van der Waals surface area contributed by atoms with Gasteiger partial charge in [0.05, 0.1) is 11.6 Å². The van der Waals surface area contributed by atoms with Crippen molar-refractivity contribution in [2.24, 2.45) is 0 Å². The predicted molar refractivity (Wildman–Crippen MR) is 91.0 cm³/mol. The molecule has 0 aliphatic carbocycles. The van der Waals surface area contributed by atoms with E-state index in [4.69, 9.17) is 5.26 Å². The smallest absolute Gasteiger partial charge is 0.0991 e. The van der Waals surface area contributed by atoms with Crippen LogP contribution in [0.25, 0.3) is 5.57 Å². The van der Waals surface area contributed by atoms with Crippen LogP contribution in [-0.2, 0) is 0 Å². The molecule has 0 spiro atoms. The van der Waals surface area contributed by atoms with Crippen molar-refractivity contribution in [3.05, 3.63) is 71.1 Å². The summed E-state index contributed by atoms with van der Waals surface area (Å²) in [4.78, 5) is 1.17. The third-order valence-corrected chi connectivity index (χ3v) is 4.21. The molecule has 2 aromatic rings. The molecule has 1 nitrogen and oxygen atoms in total. The third kappa shape index (κ3) is 4.81. The minimum atomic E-state index is 0.706. The Balaban J connectivity index is 2.14. The summed E-state index contributed by atoms with van der Waals surface area (Å²) in [7, 11) is 0. The maximum absolute atomic E-state index is 8.82. The largest absolute Gasteiger partial charge is 0.192 e. The van der Waals surface area contributed by atoms with Crippen molar-refractivity contribution in [1.82, 2.24) is 0 Å². The van der Waals surface area contributed by atoms with Crippen LogP contribution in [0, 0.1) is 11.3 Å². The van der Waals surface area contributed by atoms with Crippen molar-refractivity contribution in [2.45, 2.75) is 31.1 Å². The van der Waals surface area contributed by atoms with Gasteiger partial charge in [-0.15, -0.1) is 0 Å². The standard InChI is InChI=1S/C19H19NS/c1-2-3-7-18(17-8-5-4-6-9-17)15-21-19-12-10-16(14-20)11-13-19/h4-6,8-13,15H,2-3,7H2,1H3/b18-15+. The Labute approximate surface area is 131 Å². The van der Waals surface area contributed by atoms with E-state index >= 15 is 0 Å². The van der Waals surface area contributed by atoms with E-state index in [1.54, 1.807) is 11.8 Å². The van der Waals surface area contributed by atoms with Gasteiger partial charge in [0.2, 0.25) is 0 Å². The monoisotopic (exact) mass is 293 g/mol. The molecular formula is C19H19NS. The van der Waals surface area contributed by atoms with Gasteiger partial charge in [0.1, 0.15) is 0 Å². The number of unbranched alkanes of at least 4 members (excludes halogenated alkanes) is 1. The number of thioether (sulfide) groups is 1. The van der Waals surface area contributed by atoms with Crippen LogP contribution in [0.4, 0.5) is 0 Å². The van der Waals surface area contributed by atoms with E-state index in [0.29, 0.717) is 5.56 Å². The van der Waals surface area contributed by atoms with Crippen LogP contribution in [-0.4, -0.2) is 0 Å². The molecule has 0 aliphatic heterocycles. The zero-order valence-electron chi connectivity index (χ0n) is 12.3. The molecule has 0 atom stereocenters. The first-order valence-electron chi connectivity index (χ1n) is 7.24. The lowest BCUT2D eigenvalue weighted by Crippen LogP contribution is -1.84. The highest BCUT2D eigenvalue weighted by atomic mass is 32.2. The van der Waals surface area contributed by atoms with Gasteiger partial charge in [-0.1, -0.05) is 55.4 Å². The lowest BCUT2D eigenvalue weighted by Gasteiger charge is -2.07. The van der Waals surface area contributed by atoms with E-state index in [1.165, 1.54) is 28.9 Å². The minimum absolute atomic E-state index is 0.706. The second-order valence-electron chi connectivity index (χ2n) is 4.87. The van der Waals surface area contributed by atoms with Gasteiger partial charge in [0.15, 0.2) is 0 Å². The molecule has 0 N–H and O–H groups in total. The molecule has 0 bridgehead atoms. The summed E-state index contributed by atoms with van der Waals surface area (Å²) in [6.45, 7) is 2.22. The number of benzene rings is 2. The minimum Gasteiger partial charge on any atom is -0.192 e. The molecule has 106 valence electrons. The molecule has 0 aromatic heterocycles. The number of hydrogen-bond donors (Lipinski definition) is 0. The molecule has 0 fully saturated rings. The Hall–Kier alpha value is -1.98. The summed E-state index contributed by atoms with van der Waals surface area (Å²) < 4.78 is 0. The molecule has 2 rings (SSSR count). The maximum Gasteiger partial charge on any atom is 0.0991 e. The Morgan fingerprint density at radius 2 is 1.81 bits per heavy atom. The zero-order valence-corrected chi connectivity index (χ0v) is 13.1. The first-order valence-corrected chi connectivity index (χ1v) is 8.12. The summed E-state index contributed by atoms with van der Waals surface area (Å²) in [5.41, 5.74) is 3.39. The van der Waals surface area contributed by atoms with E-state index in [9.17, 15) is 0 Å². The average molecular weight is 293 g/mol. The summed E-state index contributed by atoms with van der Waals surface area (Å²) >= 11 is 1.72. The Kier molecular flexibility index (Phi) is 6.12. The molecule has 21 heavy (non-hydrogen) atoms. The summed E-state index contributed by atoms with van der Waals surface area (Å²) in [5.74, 6) is 0. The average Bonchev–Trinajstić information content (AvgIpc) is 2.56. The molecule has 0 saturated heterocycles. The van der Waals surface area contributed by atoms with Gasteiger partial charge in [0.25, 0.3) is 0 Å². The topological polar surface area (TPSA) is 23.8 Å². The van der Waals surface area contributed by atoms with Crippen molar-refractivity contribution < 1.29 is 0 Å². The highest BCUT2D eigenvalue weighted by molar-refractivity contribution is 8.02. The fourth-order valence-electron chi connectivity index (χ4n) is 2.04. The van der Waals surface area contributed by atoms with E-state index in [-0.39, 0.29) is 0 Å². The number of nitrogens with zero attached hydrogens (tertiary/aromatic N) is 1. The molecule has 0 unspecified atom stereocenters. The SMILES string of the molecule is CCCC/C(=C\Sc1ccc(C#N)cc1)c1ccccc1. The van der Waals surface area contributed by atoms with Crippen molar-refractivity contribution in [3.63, 3.8) is 0 Å². The van der Waals surface area contributed by atoms with Crippen molar-refractivity contribution >= 4 is 17.3 Å². The lowest BCUT2D eigenvalue weighted by atomic mass is 10.0. The number of nitriles is 1. The normalized spacial score (nSPS) is 11.1. The van der Waals surface area contributed by atoms with Gasteiger partial charge in [-0.05, 0) is 53.7 Å². The molecule has 0 amide bonds.